The normalized spacial score (nSPS) is 17.8. The van der Waals surface area contributed by atoms with E-state index in [2.05, 4.69) is 20.8 Å². The smallest absolute Gasteiger partial charge is 0.209 e. The Labute approximate surface area is 74.9 Å². The van der Waals surface area contributed by atoms with Crippen LogP contribution in [-0.4, -0.2) is 39.0 Å². The second-order valence-corrected chi connectivity index (χ2v) is 3.91. The summed E-state index contributed by atoms with van der Waals surface area (Å²) in [5, 5.41) is 15.4. The molecule has 66 valence electrons. The van der Waals surface area contributed by atoms with Gasteiger partial charge in [0.2, 0.25) is 5.16 Å². The molecule has 2 heterocycles. The van der Waals surface area contributed by atoms with Crippen molar-refractivity contribution in [3.05, 3.63) is 0 Å². The van der Waals surface area contributed by atoms with Crippen LogP contribution in [0, 0.1) is 5.92 Å². The summed E-state index contributed by atoms with van der Waals surface area (Å²) >= 11 is 1.72. The van der Waals surface area contributed by atoms with Crippen LogP contribution in [-0.2, 0) is 7.05 Å². The fourth-order valence-electron chi connectivity index (χ4n) is 1.00. The molecule has 0 radical (unpaired) electrons. The van der Waals surface area contributed by atoms with Gasteiger partial charge >= 0.3 is 0 Å². The summed E-state index contributed by atoms with van der Waals surface area (Å²) in [6.45, 7) is 2.27. The van der Waals surface area contributed by atoms with E-state index >= 15 is 0 Å². The third-order valence-electron chi connectivity index (χ3n) is 1.90. The van der Waals surface area contributed by atoms with Crippen molar-refractivity contribution in [3.63, 3.8) is 0 Å². The van der Waals surface area contributed by atoms with Gasteiger partial charge in [-0.25, -0.2) is 4.68 Å². The lowest BCUT2D eigenvalue weighted by molar-refractivity contribution is 0.385. The number of tetrazole rings is 1. The van der Waals surface area contributed by atoms with Gasteiger partial charge in [-0.3, -0.25) is 0 Å². The standard InChI is InChI=1S/C6H11N5S/c1-11-6(8-9-10-11)12-4-5-2-7-3-5/h5,7H,2-4H2,1H3. The average molecular weight is 185 g/mol. The van der Waals surface area contributed by atoms with Crippen LogP contribution in [0.3, 0.4) is 0 Å². The van der Waals surface area contributed by atoms with Crippen molar-refractivity contribution >= 4 is 11.8 Å². The van der Waals surface area contributed by atoms with Gasteiger partial charge in [0.25, 0.3) is 0 Å². The maximum absolute atomic E-state index is 3.89. The summed E-state index contributed by atoms with van der Waals surface area (Å²) in [4.78, 5) is 0. The average Bonchev–Trinajstić information content (AvgIpc) is 2.33. The van der Waals surface area contributed by atoms with Crippen LogP contribution in [0.1, 0.15) is 0 Å². The van der Waals surface area contributed by atoms with E-state index in [0.717, 1.165) is 29.9 Å². The SMILES string of the molecule is Cn1nnnc1SCC1CNC1. The summed E-state index contributed by atoms with van der Waals surface area (Å²) in [7, 11) is 1.86. The lowest BCUT2D eigenvalue weighted by atomic mass is 10.1. The highest BCUT2D eigenvalue weighted by atomic mass is 32.2. The zero-order valence-electron chi connectivity index (χ0n) is 6.90. The van der Waals surface area contributed by atoms with Gasteiger partial charge in [-0.15, -0.1) is 5.10 Å². The Morgan fingerprint density at radius 2 is 2.50 bits per heavy atom. The van der Waals surface area contributed by atoms with E-state index in [0.29, 0.717) is 0 Å². The van der Waals surface area contributed by atoms with Crippen molar-refractivity contribution in [2.24, 2.45) is 13.0 Å². The van der Waals surface area contributed by atoms with Crippen molar-refractivity contribution in [1.29, 1.82) is 0 Å². The molecule has 0 aromatic carbocycles. The molecule has 1 fully saturated rings. The molecule has 2 rings (SSSR count). The van der Waals surface area contributed by atoms with E-state index in [1.54, 1.807) is 16.4 Å². The first-order valence-electron chi connectivity index (χ1n) is 3.92. The highest BCUT2D eigenvalue weighted by molar-refractivity contribution is 7.99. The highest BCUT2D eigenvalue weighted by Crippen LogP contribution is 2.18. The molecule has 1 aliphatic rings. The van der Waals surface area contributed by atoms with Gasteiger partial charge in [0.05, 0.1) is 0 Å². The van der Waals surface area contributed by atoms with Crippen molar-refractivity contribution in [1.82, 2.24) is 25.5 Å². The van der Waals surface area contributed by atoms with Gasteiger partial charge in [-0.05, 0) is 29.4 Å². The molecule has 0 bridgehead atoms. The first-order chi connectivity index (χ1) is 5.86. The second kappa shape index (κ2) is 3.40. The second-order valence-electron chi connectivity index (χ2n) is 2.92. The van der Waals surface area contributed by atoms with Crippen LogP contribution in [0.4, 0.5) is 0 Å². The molecule has 1 aromatic heterocycles. The van der Waals surface area contributed by atoms with E-state index in [4.69, 9.17) is 0 Å². The third-order valence-corrected chi connectivity index (χ3v) is 3.14. The highest BCUT2D eigenvalue weighted by Gasteiger charge is 2.17. The number of thioether (sulfide) groups is 1. The minimum Gasteiger partial charge on any atom is -0.316 e. The number of aryl methyl sites for hydroxylation is 1. The molecule has 1 N–H and O–H groups in total. The Kier molecular flexibility index (Phi) is 2.27. The predicted octanol–water partition coefficient (Wildman–Crippen LogP) is -0.478. The summed E-state index contributed by atoms with van der Waals surface area (Å²) in [5.41, 5.74) is 0. The summed E-state index contributed by atoms with van der Waals surface area (Å²) in [5.74, 6) is 1.91. The first kappa shape index (κ1) is 8.00. The van der Waals surface area contributed by atoms with Crippen molar-refractivity contribution in [2.45, 2.75) is 5.16 Å². The largest absolute Gasteiger partial charge is 0.316 e. The van der Waals surface area contributed by atoms with Gasteiger partial charge in [0.1, 0.15) is 0 Å². The number of rotatable bonds is 3. The Morgan fingerprint density at radius 3 is 3.00 bits per heavy atom. The Hall–Kier alpha value is -0.620. The fraction of sp³-hybridized carbons (Fsp3) is 0.833. The van der Waals surface area contributed by atoms with Crippen LogP contribution < -0.4 is 5.32 Å². The van der Waals surface area contributed by atoms with Crippen molar-refractivity contribution in [3.8, 4) is 0 Å². The molecule has 0 saturated carbocycles. The fourth-order valence-corrected chi connectivity index (χ4v) is 1.94. The molecule has 0 aliphatic carbocycles. The van der Waals surface area contributed by atoms with Gasteiger partial charge in [-0.2, -0.15) is 0 Å². The molecular formula is C6H11N5S. The monoisotopic (exact) mass is 185 g/mol. The van der Waals surface area contributed by atoms with E-state index in [1.807, 2.05) is 7.05 Å². The molecule has 0 amide bonds. The summed E-state index contributed by atoms with van der Waals surface area (Å²) in [6, 6.07) is 0. The van der Waals surface area contributed by atoms with E-state index < -0.39 is 0 Å². The number of nitrogens with zero attached hydrogens (tertiary/aromatic N) is 4. The predicted molar refractivity (Wildman–Crippen MR) is 45.9 cm³/mol. The molecule has 1 aliphatic heterocycles. The molecule has 5 nitrogen and oxygen atoms in total. The Morgan fingerprint density at radius 1 is 1.67 bits per heavy atom. The number of nitrogens with one attached hydrogen (secondary N) is 1. The molecule has 0 atom stereocenters. The van der Waals surface area contributed by atoms with Gasteiger partial charge in [0.15, 0.2) is 0 Å². The zero-order chi connectivity index (χ0) is 8.39. The number of hydrogen-bond donors (Lipinski definition) is 1. The molecule has 1 saturated heterocycles. The number of hydrogen-bond acceptors (Lipinski definition) is 5. The lowest BCUT2D eigenvalue weighted by Gasteiger charge is -2.25. The van der Waals surface area contributed by atoms with E-state index in [-0.39, 0.29) is 0 Å². The van der Waals surface area contributed by atoms with Crippen LogP contribution in [0.5, 0.6) is 0 Å². The van der Waals surface area contributed by atoms with Crippen molar-refractivity contribution < 1.29 is 0 Å². The lowest BCUT2D eigenvalue weighted by Crippen LogP contribution is -2.43. The Bertz CT molecular complexity index is 256. The molecule has 12 heavy (non-hydrogen) atoms. The third kappa shape index (κ3) is 1.59. The quantitative estimate of drug-likeness (QED) is 0.645. The topological polar surface area (TPSA) is 55.6 Å². The van der Waals surface area contributed by atoms with Gasteiger partial charge in [-0.1, -0.05) is 11.8 Å². The van der Waals surface area contributed by atoms with Crippen LogP contribution in [0.2, 0.25) is 0 Å². The maximum Gasteiger partial charge on any atom is 0.209 e. The maximum atomic E-state index is 3.89. The van der Waals surface area contributed by atoms with Crippen LogP contribution in [0.25, 0.3) is 0 Å². The first-order valence-corrected chi connectivity index (χ1v) is 4.90. The summed E-state index contributed by atoms with van der Waals surface area (Å²) in [6.07, 6.45) is 0. The van der Waals surface area contributed by atoms with Crippen LogP contribution >= 0.6 is 11.8 Å². The summed E-state index contributed by atoms with van der Waals surface area (Å²) < 4.78 is 1.71. The molecule has 6 heteroatoms. The Balaban J connectivity index is 1.82. The molecule has 0 unspecified atom stereocenters. The minimum atomic E-state index is 0.798. The molecule has 0 spiro atoms. The van der Waals surface area contributed by atoms with Gasteiger partial charge in [0, 0.05) is 12.8 Å². The zero-order valence-corrected chi connectivity index (χ0v) is 7.71. The van der Waals surface area contributed by atoms with E-state index in [1.165, 1.54) is 0 Å². The van der Waals surface area contributed by atoms with Crippen molar-refractivity contribution in [2.75, 3.05) is 18.8 Å². The minimum absolute atomic E-state index is 0.798. The van der Waals surface area contributed by atoms with E-state index in [9.17, 15) is 0 Å². The van der Waals surface area contributed by atoms with Crippen LogP contribution in [0.15, 0.2) is 5.16 Å². The molecular weight excluding hydrogens is 174 g/mol. The van der Waals surface area contributed by atoms with Gasteiger partial charge < -0.3 is 5.32 Å². The number of aromatic nitrogens is 4. The molecule has 1 aromatic rings.